The number of hydrogen-bond donors (Lipinski definition) is 2. The molecule has 0 aromatic carbocycles. The van der Waals surface area contributed by atoms with Crippen molar-refractivity contribution in [2.24, 2.45) is 17.1 Å². The summed E-state index contributed by atoms with van der Waals surface area (Å²) in [5.74, 6) is 0.913. The summed E-state index contributed by atoms with van der Waals surface area (Å²) in [6.45, 7) is 4.36. The van der Waals surface area contributed by atoms with Crippen LogP contribution in [0.5, 0.6) is 0 Å². The first kappa shape index (κ1) is 9.47. The lowest BCUT2D eigenvalue weighted by Gasteiger charge is -2.27. The van der Waals surface area contributed by atoms with Crippen LogP contribution in [0.1, 0.15) is 39.0 Å². The predicted molar refractivity (Wildman–Crippen MR) is 55.5 cm³/mol. The smallest absolute Gasteiger partial charge is 0.00966 e. The van der Waals surface area contributed by atoms with E-state index < -0.39 is 0 Å². The van der Waals surface area contributed by atoms with E-state index in [0.29, 0.717) is 5.41 Å². The van der Waals surface area contributed by atoms with Crippen molar-refractivity contribution in [2.45, 2.75) is 45.1 Å². The Morgan fingerprint density at radius 1 is 1.38 bits per heavy atom. The van der Waals surface area contributed by atoms with Gasteiger partial charge in [-0.15, -0.1) is 0 Å². The molecule has 2 aliphatic carbocycles. The molecule has 2 atom stereocenters. The second kappa shape index (κ2) is 3.58. The summed E-state index contributed by atoms with van der Waals surface area (Å²) < 4.78 is 0. The van der Waals surface area contributed by atoms with Crippen LogP contribution in [0.15, 0.2) is 0 Å². The molecule has 0 amide bonds. The zero-order valence-corrected chi connectivity index (χ0v) is 8.68. The predicted octanol–water partition coefficient (Wildman–Crippen LogP) is 1.50. The lowest BCUT2D eigenvalue weighted by Crippen LogP contribution is -2.39. The maximum atomic E-state index is 5.87. The minimum absolute atomic E-state index is 0.461. The molecule has 0 radical (unpaired) electrons. The molecule has 0 aromatic rings. The van der Waals surface area contributed by atoms with E-state index in [9.17, 15) is 0 Å². The van der Waals surface area contributed by atoms with Crippen molar-refractivity contribution >= 4 is 0 Å². The van der Waals surface area contributed by atoms with Gasteiger partial charge in [0.25, 0.3) is 0 Å². The summed E-state index contributed by atoms with van der Waals surface area (Å²) in [4.78, 5) is 0. The fraction of sp³-hybridized carbons (Fsp3) is 1.00. The molecule has 3 N–H and O–H groups in total. The van der Waals surface area contributed by atoms with E-state index in [0.717, 1.165) is 18.5 Å². The molecule has 2 aliphatic rings. The molecule has 0 spiro atoms. The molecule has 2 heteroatoms. The van der Waals surface area contributed by atoms with Crippen LogP contribution in [-0.4, -0.2) is 19.1 Å². The van der Waals surface area contributed by atoms with Crippen molar-refractivity contribution in [3.05, 3.63) is 0 Å². The second-order valence-corrected chi connectivity index (χ2v) is 5.11. The Morgan fingerprint density at radius 3 is 2.46 bits per heavy atom. The molecule has 13 heavy (non-hydrogen) atoms. The first-order valence-electron chi connectivity index (χ1n) is 5.69. The lowest BCUT2D eigenvalue weighted by atomic mass is 9.86. The van der Waals surface area contributed by atoms with Crippen LogP contribution in [0, 0.1) is 11.3 Å². The van der Waals surface area contributed by atoms with Gasteiger partial charge in [-0.25, -0.2) is 0 Å². The van der Waals surface area contributed by atoms with Gasteiger partial charge >= 0.3 is 0 Å². The molecule has 0 saturated heterocycles. The summed E-state index contributed by atoms with van der Waals surface area (Å²) in [6.07, 6.45) is 6.84. The van der Waals surface area contributed by atoms with Gasteiger partial charge in [0.1, 0.15) is 0 Å². The number of nitrogens with one attached hydrogen (secondary N) is 1. The van der Waals surface area contributed by atoms with E-state index >= 15 is 0 Å². The van der Waals surface area contributed by atoms with Crippen LogP contribution in [0.2, 0.25) is 0 Å². The van der Waals surface area contributed by atoms with E-state index in [4.69, 9.17) is 5.73 Å². The Labute approximate surface area is 81.3 Å². The first-order chi connectivity index (χ1) is 6.26. The topological polar surface area (TPSA) is 38.0 Å². The molecular weight excluding hydrogens is 160 g/mol. The van der Waals surface area contributed by atoms with Crippen LogP contribution < -0.4 is 11.1 Å². The number of nitrogens with two attached hydrogens (primary N) is 1. The lowest BCUT2D eigenvalue weighted by molar-refractivity contribution is 0.288. The zero-order valence-electron chi connectivity index (χ0n) is 8.68. The van der Waals surface area contributed by atoms with Gasteiger partial charge < -0.3 is 11.1 Å². The standard InChI is InChI=1S/C11H22N2/c1-9-6-10(9)13-8-11(7-12)4-2-3-5-11/h9-10,13H,2-8,12H2,1H3. The summed E-state index contributed by atoms with van der Waals surface area (Å²) in [5.41, 5.74) is 6.33. The Kier molecular flexibility index (Phi) is 2.61. The normalized spacial score (nSPS) is 36.5. The quantitative estimate of drug-likeness (QED) is 0.691. The third kappa shape index (κ3) is 2.05. The summed E-state index contributed by atoms with van der Waals surface area (Å²) in [5, 5.41) is 3.66. The zero-order chi connectivity index (χ0) is 9.31. The molecule has 2 saturated carbocycles. The van der Waals surface area contributed by atoms with E-state index in [1.54, 1.807) is 0 Å². The molecule has 2 rings (SSSR count). The molecule has 0 aromatic heterocycles. The van der Waals surface area contributed by atoms with Crippen molar-refractivity contribution in [3.63, 3.8) is 0 Å². The minimum atomic E-state index is 0.461. The summed E-state index contributed by atoms with van der Waals surface area (Å²) in [6, 6.07) is 0.809. The monoisotopic (exact) mass is 182 g/mol. The maximum absolute atomic E-state index is 5.87. The van der Waals surface area contributed by atoms with E-state index in [1.165, 1.54) is 38.6 Å². The third-order valence-corrected chi connectivity index (χ3v) is 3.95. The van der Waals surface area contributed by atoms with Crippen LogP contribution in [0.25, 0.3) is 0 Å². The average Bonchev–Trinajstić information content (AvgIpc) is 2.69. The molecular formula is C11H22N2. The number of rotatable bonds is 4. The highest BCUT2D eigenvalue weighted by Crippen LogP contribution is 2.38. The van der Waals surface area contributed by atoms with Gasteiger partial charge in [0, 0.05) is 12.6 Å². The van der Waals surface area contributed by atoms with Crippen LogP contribution in [0.3, 0.4) is 0 Å². The third-order valence-electron chi connectivity index (χ3n) is 3.95. The largest absolute Gasteiger partial charge is 0.330 e. The molecule has 0 bridgehead atoms. The minimum Gasteiger partial charge on any atom is -0.330 e. The van der Waals surface area contributed by atoms with Gasteiger partial charge in [0.05, 0.1) is 0 Å². The fourth-order valence-corrected chi connectivity index (χ4v) is 2.53. The summed E-state index contributed by atoms with van der Waals surface area (Å²) in [7, 11) is 0. The van der Waals surface area contributed by atoms with Gasteiger partial charge in [0.15, 0.2) is 0 Å². The number of hydrogen-bond acceptors (Lipinski definition) is 2. The molecule has 0 aliphatic heterocycles. The highest BCUT2D eigenvalue weighted by Gasteiger charge is 2.37. The fourth-order valence-electron chi connectivity index (χ4n) is 2.53. The van der Waals surface area contributed by atoms with Gasteiger partial charge in [0.2, 0.25) is 0 Å². The van der Waals surface area contributed by atoms with Crippen molar-refractivity contribution < 1.29 is 0 Å². The summed E-state index contributed by atoms with van der Waals surface area (Å²) >= 11 is 0. The van der Waals surface area contributed by atoms with Crippen molar-refractivity contribution in [2.75, 3.05) is 13.1 Å². The van der Waals surface area contributed by atoms with Gasteiger partial charge in [-0.3, -0.25) is 0 Å². The van der Waals surface area contributed by atoms with E-state index in [2.05, 4.69) is 12.2 Å². The second-order valence-electron chi connectivity index (χ2n) is 5.11. The molecule has 2 unspecified atom stereocenters. The molecule has 0 heterocycles. The van der Waals surface area contributed by atoms with E-state index in [1.807, 2.05) is 0 Å². The highest BCUT2D eigenvalue weighted by molar-refractivity contribution is 4.94. The highest BCUT2D eigenvalue weighted by atomic mass is 15.0. The van der Waals surface area contributed by atoms with Gasteiger partial charge in [-0.1, -0.05) is 19.8 Å². The Balaban J connectivity index is 1.77. The Hall–Kier alpha value is -0.0800. The van der Waals surface area contributed by atoms with Gasteiger partial charge in [-0.05, 0) is 37.1 Å². The van der Waals surface area contributed by atoms with E-state index in [-0.39, 0.29) is 0 Å². The van der Waals surface area contributed by atoms with Gasteiger partial charge in [-0.2, -0.15) is 0 Å². The molecule has 76 valence electrons. The van der Waals surface area contributed by atoms with Crippen molar-refractivity contribution in [1.29, 1.82) is 0 Å². The van der Waals surface area contributed by atoms with Crippen molar-refractivity contribution in [3.8, 4) is 0 Å². The van der Waals surface area contributed by atoms with Crippen molar-refractivity contribution in [1.82, 2.24) is 5.32 Å². The van der Waals surface area contributed by atoms with Crippen LogP contribution in [0.4, 0.5) is 0 Å². The molecule has 2 nitrogen and oxygen atoms in total. The first-order valence-corrected chi connectivity index (χ1v) is 5.69. The maximum Gasteiger partial charge on any atom is 0.00966 e. The SMILES string of the molecule is CC1CC1NCC1(CN)CCCC1. The average molecular weight is 182 g/mol. The Morgan fingerprint density at radius 2 is 2.00 bits per heavy atom. The molecule has 2 fully saturated rings. The van der Waals surface area contributed by atoms with Crippen LogP contribution >= 0.6 is 0 Å². The Bertz CT molecular complexity index is 173. The van der Waals surface area contributed by atoms with Crippen LogP contribution in [-0.2, 0) is 0 Å².